The van der Waals surface area contributed by atoms with Crippen molar-refractivity contribution in [3.63, 3.8) is 0 Å². The van der Waals surface area contributed by atoms with Crippen LogP contribution in [0.3, 0.4) is 0 Å². The molecule has 2 nitrogen and oxygen atoms in total. The van der Waals surface area contributed by atoms with Gasteiger partial charge >= 0.3 is 0 Å². The minimum Gasteiger partial charge on any atom is -0.391 e. The van der Waals surface area contributed by atoms with Gasteiger partial charge in [-0.3, -0.25) is 0 Å². The summed E-state index contributed by atoms with van der Waals surface area (Å²) in [4.78, 5) is 2.42. The molecule has 0 spiro atoms. The van der Waals surface area contributed by atoms with Crippen molar-refractivity contribution >= 4 is 0 Å². The van der Waals surface area contributed by atoms with E-state index < -0.39 is 0 Å². The summed E-state index contributed by atoms with van der Waals surface area (Å²) in [5.74, 6) is 1.71. The SMILES string of the molecule is CC1CCC(O)C(N(C)CC2CCC2)C1. The molecule has 0 aliphatic heterocycles. The molecule has 1 N–H and O–H groups in total. The van der Waals surface area contributed by atoms with Gasteiger partial charge in [0.15, 0.2) is 0 Å². The molecule has 0 saturated heterocycles. The van der Waals surface area contributed by atoms with Crippen molar-refractivity contribution < 1.29 is 5.11 Å². The molecule has 0 amide bonds. The Morgan fingerprint density at radius 3 is 2.53 bits per heavy atom. The van der Waals surface area contributed by atoms with Gasteiger partial charge in [0, 0.05) is 12.6 Å². The molecule has 2 aliphatic carbocycles. The number of aliphatic hydroxyl groups is 1. The molecule has 0 heterocycles. The Kier molecular flexibility index (Phi) is 3.68. The molecule has 2 heteroatoms. The van der Waals surface area contributed by atoms with E-state index in [0.29, 0.717) is 6.04 Å². The molecule has 2 fully saturated rings. The second kappa shape index (κ2) is 4.84. The molecule has 0 radical (unpaired) electrons. The summed E-state index contributed by atoms with van der Waals surface area (Å²) >= 11 is 0. The van der Waals surface area contributed by atoms with Crippen molar-refractivity contribution in [2.75, 3.05) is 13.6 Å². The van der Waals surface area contributed by atoms with Gasteiger partial charge in [-0.15, -0.1) is 0 Å². The van der Waals surface area contributed by atoms with Gasteiger partial charge in [-0.05, 0) is 51.0 Å². The van der Waals surface area contributed by atoms with Crippen LogP contribution in [-0.2, 0) is 0 Å². The molecule has 3 atom stereocenters. The van der Waals surface area contributed by atoms with Crippen LogP contribution in [0.25, 0.3) is 0 Å². The van der Waals surface area contributed by atoms with Crippen molar-refractivity contribution in [3.8, 4) is 0 Å². The summed E-state index contributed by atoms with van der Waals surface area (Å²) in [5.41, 5.74) is 0. The molecule has 2 aliphatic rings. The van der Waals surface area contributed by atoms with Gasteiger partial charge in [-0.2, -0.15) is 0 Å². The van der Waals surface area contributed by atoms with E-state index in [1.807, 2.05) is 0 Å². The minimum atomic E-state index is -0.0775. The van der Waals surface area contributed by atoms with E-state index in [9.17, 15) is 5.11 Å². The summed E-state index contributed by atoms with van der Waals surface area (Å²) in [6.45, 7) is 3.52. The second-order valence-corrected chi connectivity index (χ2v) is 5.79. The van der Waals surface area contributed by atoms with Crippen LogP contribution in [0.4, 0.5) is 0 Å². The first-order chi connectivity index (χ1) is 7.16. The Hall–Kier alpha value is -0.0800. The highest BCUT2D eigenvalue weighted by molar-refractivity contribution is 4.86. The lowest BCUT2D eigenvalue weighted by atomic mass is 9.81. The first-order valence-corrected chi connectivity index (χ1v) is 6.55. The Morgan fingerprint density at radius 2 is 1.93 bits per heavy atom. The van der Waals surface area contributed by atoms with Crippen LogP contribution in [0.15, 0.2) is 0 Å². The van der Waals surface area contributed by atoms with Crippen LogP contribution < -0.4 is 0 Å². The Bertz CT molecular complexity index is 203. The lowest BCUT2D eigenvalue weighted by Crippen LogP contribution is -2.47. The molecule has 0 aromatic rings. The first-order valence-electron chi connectivity index (χ1n) is 6.55. The predicted octanol–water partition coefficient (Wildman–Crippen LogP) is 2.27. The summed E-state index contributed by atoms with van der Waals surface area (Å²) in [5, 5.41) is 10.0. The maximum atomic E-state index is 10.0. The molecular formula is C13H25NO. The molecule has 88 valence electrons. The highest BCUT2D eigenvalue weighted by Crippen LogP contribution is 2.31. The highest BCUT2D eigenvalue weighted by atomic mass is 16.3. The van der Waals surface area contributed by atoms with E-state index in [-0.39, 0.29) is 6.10 Å². The van der Waals surface area contributed by atoms with E-state index in [0.717, 1.165) is 18.3 Å². The fraction of sp³-hybridized carbons (Fsp3) is 1.00. The van der Waals surface area contributed by atoms with E-state index in [4.69, 9.17) is 0 Å². The summed E-state index contributed by atoms with van der Waals surface area (Å²) in [6, 6.07) is 0.425. The van der Waals surface area contributed by atoms with Gasteiger partial charge in [-0.1, -0.05) is 13.3 Å². The maximum absolute atomic E-state index is 10.0. The molecule has 2 rings (SSSR count). The van der Waals surface area contributed by atoms with E-state index >= 15 is 0 Å². The Balaban J connectivity index is 1.83. The summed E-state index contributed by atoms with van der Waals surface area (Å²) in [6.07, 6.45) is 7.54. The van der Waals surface area contributed by atoms with Gasteiger partial charge < -0.3 is 10.0 Å². The molecule has 0 bridgehead atoms. The Labute approximate surface area is 93.7 Å². The van der Waals surface area contributed by atoms with Gasteiger partial charge in [0.1, 0.15) is 0 Å². The summed E-state index contributed by atoms with van der Waals surface area (Å²) in [7, 11) is 2.20. The quantitative estimate of drug-likeness (QED) is 0.774. The topological polar surface area (TPSA) is 23.5 Å². The van der Waals surface area contributed by atoms with Crippen LogP contribution in [0, 0.1) is 11.8 Å². The van der Waals surface area contributed by atoms with E-state index in [1.54, 1.807) is 0 Å². The van der Waals surface area contributed by atoms with Crippen LogP contribution in [0.5, 0.6) is 0 Å². The molecule has 15 heavy (non-hydrogen) atoms. The number of rotatable bonds is 3. The fourth-order valence-corrected chi connectivity index (χ4v) is 3.03. The summed E-state index contributed by atoms with van der Waals surface area (Å²) < 4.78 is 0. The van der Waals surface area contributed by atoms with Crippen molar-refractivity contribution in [1.82, 2.24) is 4.90 Å². The van der Waals surface area contributed by atoms with Crippen molar-refractivity contribution in [1.29, 1.82) is 0 Å². The smallest absolute Gasteiger partial charge is 0.0695 e. The second-order valence-electron chi connectivity index (χ2n) is 5.79. The van der Waals surface area contributed by atoms with Crippen molar-refractivity contribution in [2.45, 2.75) is 57.6 Å². The van der Waals surface area contributed by atoms with E-state index in [1.165, 1.54) is 38.6 Å². The predicted molar refractivity (Wildman–Crippen MR) is 62.8 cm³/mol. The molecule has 3 unspecified atom stereocenters. The van der Waals surface area contributed by atoms with E-state index in [2.05, 4.69) is 18.9 Å². The number of hydrogen-bond acceptors (Lipinski definition) is 2. The molecule has 0 aromatic carbocycles. The average molecular weight is 211 g/mol. The zero-order valence-corrected chi connectivity index (χ0v) is 10.2. The highest BCUT2D eigenvalue weighted by Gasteiger charge is 2.31. The number of likely N-dealkylation sites (N-methyl/N-ethyl adjacent to an activating group) is 1. The Morgan fingerprint density at radius 1 is 1.20 bits per heavy atom. The van der Waals surface area contributed by atoms with Gasteiger partial charge in [0.05, 0.1) is 6.10 Å². The fourth-order valence-electron chi connectivity index (χ4n) is 3.03. The lowest BCUT2D eigenvalue weighted by molar-refractivity contribution is 0.00613. The zero-order chi connectivity index (χ0) is 10.8. The third kappa shape index (κ3) is 2.73. The lowest BCUT2D eigenvalue weighted by Gasteiger charge is -2.40. The van der Waals surface area contributed by atoms with Gasteiger partial charge in [0.2, 0.25) is 0 Å². The van der Waals surface area contributed by atoms with Crippen molar-refractivity contribution in [2.24, 2.45) is 11.8 Å². The van der Waals surface area contributed by atoms with Gasteiger partial charge in [-0.25, -0.2) is 0 Å². The molecular weight excluding hydrogens is 186 g/mol. The van der Waals surface area contributed by atoms with Crippen LogP contribution in [0.1, 0.15) is 45.4 Å². The molecule has 2 saturated carbocycles. The van der Waals surface area contributed by atoms with Crippen LogP contribution in [0.2, 0.25) is 0 Å². The third-order valence-electron chi connectivity index (χ3n) is 4.38. The maximum Gasteiger partial charge on any atom is 0.0695 e. The normalized spacial score (nSPS) is 38.0. The monoisotopic (exact) mass is 211 g/mol. The van der Waals surface area contributed by atoms with Crippen molar-refractivity contribution in [3.05, 3.63) is 0 Å². The first kappa shape index (κ1) is 11.4. The van der Waals surface area contributed by atoms with Crippen LogP contribution >= 0.6 is 0 Å². The minimum absolute atomic E-state index is 0.0775. The number of aliphatic hydroxyl groups excluding tert-OH is 1. The zero-order valence-electron chi connectivity index (χ0n) is 10.2. The third-order valence-corrected chi connectivity index (χ3v) is 4.38. The number of nitrogens with zero attached hydrogens (tertiary/aromatic N) is 1. The van der Waals surface area contributed by atoms with Gasteiger partial charge in [0.25, 0.3) is 0 Å². The standard InChI is InChI=1S/C13H25NO/c1-10-6-7-13(15)12(8-10)14(2)9-11-4-3-5-11/h10-13,15H,3-9H2,1-2H3. The number of hydrogen-bond donors (Lipinski definition) is 1. The average Bonchev–Trinajstić information content (AvgIpc) is 2.15. The van der Waals surface area contributed by atoms with Crippen LogP contribution in [-0.4, -0.2) is 35.7 Å². The largest absolute Gasteiger partial charge is 0.391 e. The molecule has 0 aromatic heterocycles.